The fraction of sp³-hybridized carbons (Fsp3) is 0.0545. The van der Waals surface area contributed by atoms with Gasteiger partial charge >= 0.3 is 0 Å². The molecule has 264 valence electrons. The monoisotopic (exact) mass is 713 g/mol. The molecule has 0 aliphatic heterocycles. The summed E-state index contributed by atoms with van der Waals surface area (Å²) in [5.41, 5.74) is 13.6. The normalized spacial score (nSPS) is 13.0. The van der Waals surface area contributed by atoms with Crippen LogP contribution in [0.2, 0.25) is 0 Å². The van der Waals surface area contributed by atoms with Crippen molar-refractivity contribution < 1.29 is 0 Å². The van der Waals surface area contributed by atoms with Crippen LogP contribution in [-0.2, 0) is 5.41 Å². The van der Waals surface area contributed by atoms with Gasteiger partial charge in [0.25, 0.3) is 0 Å². The van der Waals surface area contributed by atoms with Gasteiger partial charge in [0.2, 0.25) is 0 Å². The van der Waals surface area contributed by atoms with E-state index in [-0.39, 0.29) is 5.41 Å². The molecule has 0 atom stereocenters. The summed E-state index contributed by atoms with van der Waals surface area (Å²) in [7, 11) is 0. The zero-order valence-electron chi connectivity index (χ0n) is 31.5. The van der Waals surface area contributed by atoms with E-state index < -0.39 is 0 Å². The molecule has 0 unspecified atom stereocenters. The van der Waals surface area contributed by atoms with Crippen molar-refractivity contribution in [3.63, 3.8) is 0 Å². The van der Waals surface area contributed by atoms with Crippen LogP contribution in [0.1, 0.15) is 25.0 Å². The maximum atomic E-state index is 2.45. The van der Waals surface area contributed by atoms with Gasteiger partial charge < -0.3 is 4.90 Å². The highest BCUT2D eigenvalue weighted by Gasteiger charge is 2.37. The minimum Gasteiger partial charge on any atom is -0.310 e. The first-order valence-corrected chi connectivity index (χ1v) is 19.6. The molecule has 1 aliphatic carbocycles. The molecule has 1 nitrogen and oxygen atoms in total. The Bertz CT molecular complexity index is 2990. The smallest absolute Gasteiger partial charge is 0.0543 e. The molecule has 0 saturated carbocycles. The number of benzene rings is 10. The molecule has 0 radical (unpaired) electrons. The minimum absolute atomic E-state index is 0.0931. The van der Waals surface area contributed by atoms with Gasteiger partial charge in [-0.1, -0.05) is 172 Å². The van der Waals surface area contributed by atoms with E-state index in [0.717, 1.165) is 11.4 Å². The van der Waals surface area contributed by atoms with Crippen molar-refractivity contribution in [2.75, 3.05) is 4.90 Å². The summed E-state index contributed by atoms with van der Waals surface area (Å²) in [6.45, 7) is 4.71. The zero-order chi connectivity index (χ0) is 37.4. The number of hydrogen-bond acceptors (Lipinski definition) is 1. The molecule has 1 heteroatoms. The predicted molar refractivity (Wildman–Crippen MR) is 240 cm³/mol. The van der Waals surface area contributed by atoms with Crippen LogP contribution in [0, 0.1) is 0 Å². The van der Waals surface area contributed by atoms with Crippen LogP contribution < -0.4 is 4.90 Å². The number of nitrogens with zero attached hydrogens (tertiary/aromatic N) is 1. The number of anilines is 3. The van der Waals surface area contributed by atoms with Crippen LogP contribution in [0.15, 0.2) is 200 Å². The Hall–Kier alpha value is -6.96. The van der Waals surface area contributed by atoms with Gasteiger partial charge in [0.05, 0.1) is 5.69 Å². The molecule has 1 aliphatic rings. The second-order valence-corrected chi connectivity index (χ2v) is 15.7. The summed E-state index contributed by atoms with van der Waals surface area (Å²) in [5.74, 6) is 0. The van der Waals surface area contributed by atoms with Gasteiger partial charge in [-0.25, -0.2) is 0 Å². The lowest BCUT2D eigenvalue weighted by molar-refractivity contribution is 0.660. The van der Waals surface area contributed by atoms with E-state index in [1.54, 1.807) is 0 Å². The highest BCUT2D eigenvalue weighted by molar-refractivity contribution is 6.09. The quantitative estimate of drug-likeness (QED) is 0.161. The maximum Gasteiger partial charge on any atom is 0.0543 e. The molecule has 0 fully saturated rings. The summed E-state index contributed by atoms with van der Waals surface area (Å²) in [6.07, 6.45) is 0. The van der Waals surface area contributed by atoms with Crippen molar-refractivity contribution >= 4 is 60.2 Å². The SMILES string of the molecule is CC1(C)c2ccccc2-c2c(N(c3ccc(-c4ccc5c(ccc6ccccc65)c4)cc3)c3ccc(-c4ccc5c(ccc6ccccc65)c4)cc3)cccc21. The average Bonchev–Trinajstić information content (AvgIpc) is 3.50. The lowest BCUT2D eigenvalue weighted by atomic mass is 9.82. The van der Waals surface area contributed by atoms with Crippen molar-refractivity contribution in [3.05, 3.63) is 211 Å². The van der Waals surface area contributed by atoms with Crippen LogP contribution in [0.25, 0.3) is 76.5 Å². The number of hydrogen-bond donors (Lipinski definition) is 0. The third-order valence-corrected chi connectivity index (χ3v) is 12.2. The molecule has 10 aromatic carbocycles. The molecule has 0 aromatic heterocycles. The van der Waals surface area contributed by atoms with Gasteiger partial charge in [0, 0.05) is 22.4 Å². The third kappa shape index (κ3) is 5.08. The Labute approximate surface area is 327 Å². The van der Waals surface area contributed by atoms with Crippen molar-refractivity contribution in [2.24, 2.45) is 0 Å². The van der Waals surface area contributed by atoms with E-state index in [1.807, 2.05) is 0 Å². The summed E-state index contributed by atoms with van der Waals surface area (Å²) < 4.78 is 0. The van der Waals surface area contributed by atoms with Gasteiger partial charge in [-0.3, -0.25) is 0 Å². The van der Waals surface area contributed by atoms with Crippen molar-refractivity contribution in [2.45, 2.75) is 19.3 Å². The topological polar surface area (TPSA) is 3.24 Å². The summed E-state index contributed by atoms with van der Waals surface area (Å²) >= 11 is 0. The van der Waals surface area contributed by atoms with E-state index in [9.17, 15) is 0 Å². The van der Waals surface area contributed by atoms with Crippen LogP contribution in [0.3, 0.4) is 0 Å². The highest BCUT2D eigenvalue weighted by Crippen LogP contribution is 2.54. The van der Waals surface area contributed by atoms with E-state index in [4.69, 9.17) is 0 Å². The van der Waals surface area contributed by atoms with Crippen LogP contribution in [0.5, 0.6) is 0 Å². The lowest BCUT2D eigenvalue weighted by Crippen LogP contribution is -2.16. The van der Waals surface area contributed by atoms with Crippen LogP contribution in [-0.4, -0.2) is 0 Å². The van der Waals surface area contributed by atoms with Crippen molar-refractivity contribution in [1.82, 2.24) is 0 Å². The fourth-order valence-corrected chi connectivity index (χ4v) is 9.34. The van der Waals surface area contributed by atoms with E-state index in [0.29, 0.717) is 0 Å². The second kappa shape index (κ2) is 12.5. The Morgan fingerprint density at radius 1 is 0.339 bits per heavy atom. The number of rotatable bonds is 5. The summed E-state index contributed by atoms with van der Waals surface area (Å²) in [6, 6.07) is 74.0. The molecule has 56 heavy (non-hydrogen) atoms. The predicted octanol–water partition coefficient (Wildman–Crippen LogP) is 15.4. The molecular formula is C55H39N. The van der Waals surface area contributed by atoms with E-state index in [2.05, 4.69) is 219 Å². The van der Waals surface area contributed by atoms with Crippen molar-refractivity contribution in [1.29, 1.82) is 0 Å². The second-order valence-electron chi connectivity index (χ2n) is 15.7. The Morgan fingerprint density at radius 2 is 0.786 bits per heavy atom. The molecular weight excluding hydrogens is 675 g/mol. The van der Waals surface area contributed by atoms with Crippen molar-refractivity contribution in [3.8, 4) is 33.4 Å². The minimum atomic E-state index is -0.0931. The third-order valence-electron chi connectivity index (χ3n) is 12.2. The Morgan fingerprint density at radius 3 is 1.36 bits per heavy atom. The zero-order valence-corrected chi connectivity index (χ0v) is 31.5. The van der Waals surface area contributed by atoms with Gasteiger partial charge in [-0.2, -0.15) is 0 Å². The van der Waals surface area contributed by atoms with Gasteiger partial charge in [-0.05, 0) is 124 Å². The van der Waals surface area contributed by atoms with Crippen LogP contribution >= 0.6 is 0 Å². The fourth-order valence-electron chi connectivity index (χ4n) is 9.34. The molecule has 0 amide bonds. The van der Waals surface area contributed by atoms with Crippen LogP contribution in [0.4, 0.5) is 17.1 Å². The summed E-state index contributed by atoms with van der Waals surface area (Å²) in [4.78, 5) is 2.45. The van der Waals surface area contributed by atoms with Gasteiger partial charge in [0.15, 0.2) is 0 Å². The molecule has 10 aromatic rings. The summed E-state index contributed by atoms with van der Waals surface area (Å²) in [5, 5.41) is 10.2. The van der Waals surface area contributed by atoms with E-state index in [1.165, 1.54) is 93.3 Å². The maximum absolute atomic E-state index is 2.45. The molecule has 0 spiro atoms. The lowest BCUT2D eigenvalue weighted by Gasteiger charge is -2.29. The Kier molecular flexibility index (Phi) is 7.28. The highest BCUT2D eigenvalue weighted by atomic mass is 15.1. The molecule has 11 rings (SSSR count). The molecule has 0 saturated heterocycles. The first kappa shape index (κ1) is 32.5. The first-order valence-electron chi connectivity index (χ1n) is 19.6. The first-order chi connectivity index (χ1) is 27.5. The number of fused-ring (bicyclic) bond motifs is 9. The Balaban J connectivity index is 1.02. The molecule has 0 N–H and O–H groups in total. The average molecular weight is 714 g/mol. The largest absolute Gasteiger partial charge is 0.310 e. The standard InChI is InChI=1S/C55H39N/c1-55(2)51-15-8-7-14-50(51)54-52(55)16-9-17-53(54)56(44-28-22-36(23-29-44)40-26-32-48-42(34-40)20-18-38-10-3-5-12-46(38)48)45-30-24-37(25-31-45)41-27-33-49-43(35-41)21-19-39-11-4-6-13-47(39)49/h3-35H,1-2H3. The molecule has 0 heterocycles. The van der Waals surface area contributed by atoms with Gasteiger partial charge in [0.1, 0.15) is 0 Å². The van der Waals surface area contributed by atoms with E-state index >= 15 is 0 Å². The molecule has 0 bridgehead atoms. The van der Waals surface area contributed by atoms with Gasteiger partial charge in [-0.15, -0.1) is 0 Å².